The Morgan fingerprint density at radius 3 is 2.42 bits per heavy atom. The van der Waals surface area contributed by atoms with E-state index in [9.17, 15) is 18.4 Å². The zero-order chi connectivity index (χ0) is 24.1. The molecule has 1 fully saturated rings. The van der Waals surface area contributed by atoms with E-state index in [2.05, 4.69) is 11.9 Å². The van der Waals surface area contributed by atoms with Crippen molar-refractivity contribution in [2.24, 2.45) is 11.8 Å². The van der Waals surface area contributed by atoms with E-state index in [4.69, 9.17) is 9.47 Å². The first-order chi connectivity index (χ1) is 15.7. The number of aromatic nitrogens is 1. The van der Waals surface area contributed by atoms with Gasteiger partial charge in [-0.15, -0.1) is 0 Å². The standard InChI is InChI=1S/C25H30F2N2O4/c1-15(2)29(24(30)17-9-7-16(3)8-10-17)21-12-11-18(14-20(21)25(31)32-4)33-23-19(22(26)27)6-5-13-28-23/h5-6,11-17,22H,7-10H2,1-4H3. The van der Waals surface area contributed by atoms with Crippen LogP contribution in [0.25, 0.3) is 0 Å². The molecule has 1 amide bonds. The van der Waals surface area contributed by atoms with Gasteiger partial charge in [-0.2, -0.15) is 0 Å². The summed E-state index contributed by atoms with van der Waals surface area (Å²) in [4.78, 5) is 31.6. The SMILES string of the molecule is COC(=O)c1cc(Oc2ncccc2C(F)F)ccc1N(C(=O)C1CCC(C)CC1)C(C)C. The molecule has 1 aliphatic carbocycles. The molecule has 8 heteroatoms. The predicted molar refractivity (Wildman–Crippen MR) is 121 cm³/mol. The van der Waals surface area contributed by atoms with Gasteiger partial charge in [0.2, 0.25) is 11.8 Å². The van der Waals surface area contributed by atoms with E-state index < -0.39 is 12.4 Å². The number of esters is 1. The van der Waals surface area contributed by atoms with Crippen LogP contribution in [0.1, 0.15) is 68.8 Å². The number of nitrogens with zero attached hydrogens (tertiary/aromatic N) is 2. The molecule has 6 nitrogen and oxygen atoms in total. The summed E-state index contributed by atoms with van der Waals surface area (Å²) in [6.45, 7) is 5.96. The number of anilines is 1. The van der Waals surface area contributed by atoms with Gasteiger partial charge in [0, 0.05) is 18.2 Å². The summed E-state index contributed by atoms with van der Waals surface area (Å²) < 4.78 is 37.1. The molecule has 0 N–H and O–H groups in total. The van der Waals surface area contributed by atoms with Gasteiger partial charge in [-0.3, -0.25) is 4.79 Å². The molecule has 1 aromatic carbocycles. The lowest BCUT2D eigenvalue weighted by Gasteiger charge is -2.34. The van der Waals surface area contributed by atoms with Crippen molar-refractivity contribution in [1.29, 1.82) is 0 Å². The van der Waals surface area contributed by atoms with Crippen molar-refractivity contribution in [2.45, 2.75) is 58.9 Å². The van der Waals surface area contributed by atoms with Crippen LogP contribution in [0.4, 0.5) is 14.5 Å². The third-order valence-electron chi connectivity index (χ3n) is 6.00. The fraction of sp³-hybridized carbons (Fsp3) is 0.480. The molecule has 1 saturated carbocycles. The molecule has 2 aromatic rings. The number of rotatable bonds is 7. The summed E-state index contributed by atoms with van der Waals surface area (Å²) in [6, 6.07) is 6.96. The van der Waals surface area contributed by atoms with E-state index >= 15 is 0 Å². The molecular weight excluding hydrogens is 430 g/mol. The Labute approximate surface area is 192 Å². The summed E-state index contributed by atoms with van der Waals surface area (Å²) >= 11 is 0. The second-order valence-electron chi connectivity index (χ2n) is 8.73. The minimum Gasteiger partial charge on any atom is -0.465 e. The quantitative estimate of drug-likeness (QED) is 0.463. The number of halogens is 2. The zero-order valence-corrected chi connectivity index (χ0v) is 19.4. The monoisotopic (exact) mass is 460 g/mol. The molecule has 0 unspecified atom stereocenters. The molecule has 178 valence electrons. The van der Waals surface area contributed by atoms with Gasteiger partial charge in [0.05, 0.1) is 23.9 Å². The molecule has 0 saturated heterocycles. The molecule has 0 radical (unpaired) electrons. The van der Waals surface area contributed by atoms with Gasteiger partial charge in [-0.25, -0.2) is 18.6 Å². The van der Waals surface area contributed by atoms with Gasteiger partial charge < -0.3 is 14.4 Å². The van der Waals surface area contributed by atoms with E-state index in [0.717, 1.165) is 25.7 Å². The van der Waals surface area contributed by atoms with Crippen LogP contribution in [0.15, 0.2) is 36.5 Å². The molecule has 3 rings (SSSR count). The summed E-state index contributed by atoms with van der Waals surface area (Å²) in [6.07, 6.45) is 2.20. The number of methoxy groups -OCH3 is 1. The van der Waals surface area contributed by atoms with Crippen LogP contribution in [0, 0.1) is 11.8 Å². The number of carbonyl (C=O) groups excluding carboxylic acids is 2. The van der Waals surface area contributed by atoms with E-state index in [0.29, 0.717) is 11.6 Å². The van der Waals surface area contributed by atoms with Crippen molar-refractivity contribution >= 4 is 17.6 Å². The van der Waals surface area contributed by atoms with E-state index in [-0.39, 0.29) is 40.6 Å². The first-order valence-electron chi connectivity index (χ1n) is 11.2. The Balaban J connectivity index is 1.97. The number of alkyl halides is 2. The lowest BCUT2D eigenvalue weighted by molar-refractivity contribution is -0.123. The summed E-state index contributed by atoms with van der Waals surface area (Å²) in [7, 11) is 1.25. The number of ether oxygens (including phenoxy) is 2. The fourth-order valence-corrected chi connectivity index (χ4v) is 4.18. The van der Waals surface area contributed by atoms with Crippen molar-refractivity contribution in [3.8, 4) is 11.6 Å². The highest BCUT2D eigenvalue weighted by Gasteiger charge is 2.32. The van der Waals surface area contributed by atoms with Crippen LogP contribution in [0.3, 0.4) is 0 Å². The van der Waals surface area contributed by atoms with Gasteiger partial charge in [-0.1, -0.05) is 6.92 Å². The number of carbonyl (C=O) groups is 2. The predicted octanol–water partition coefficient (Wildman–Crippen LogP) is 6.17. The molecule has 1 heterocycles. The van der Waals surface area contributed by atoms with Crippen LogP contribution < -0.4 is 9.64 Å². The molecule has 0 atom stereocenters. The molecule has 0 bridgehead atoms. The molecule has 33 heavy (non-hydrogen) atoms. The Morgan fingerprint density at radius 1 is 1.12 bits per heavy atom. The molecule has 0 aliphatic heterocycles. The topological polar surface area (TPSA) is 68.7 Å². The lowest BCUT2D eigenvalue weighted by atomic mass is 9.82. The maximum absolute atomic E-state index is 13.5. The zero-order valence-electron chi connectivity index (χ0n) is 19.4. The second kappa shape index (κ2) is 10.7. The van der Waals surface area contributed by atoms with Crippen molar-refractivity contribution in [2.75, 3.05) is 12.0 Å². The molecule has 1 aromatic heterocycles. The Hall–Kier alpha value is -3.03. The summed E-state index contributed by atoms with van der Waals surface area (Å²) in [5.41, 5.74) is 0.172. The van der Waals surface area contributed by atoms with Gasteiger partial charge in [0.15, 0.2) is 0 Å². The van der Waals surface area contributed by atoms with E-state index in [1.54, 1.807) is 11.0 Å². The van der Waals surface area contributed by atoms with Gasteiger partial charge in [0.25, 0.3) is 6.43 Å². The maximum atomic E-state index is 13.5. The van der Waals surface area contributed by atoms with Crippen LogP contribution in [-0.2, 0) is 9.53 Å². The largest absolute Gasteiger partial charge is 0.465 e. The molecule has 0 spiro atoms. The number of benzene rings is 1. The van der Waals surface area contributed by atoms with Crippen molar-refractivity contribution in [3.63, 3.8) is 0 Å². The van der Waals surface area contributed by atoms with E-state index in [1.807, 2.05) is 13.8 Å². The number of pyridine rings is 1. The van der Waals surface area contributed by atoms with Crippen LogP contribution >= 0.6 is 0 Å². The molecular formula is C25H30F2N2O4. The number of hydrogen-bond donors (Lipinski definition) is 0. The first-order valence-corrected chi connectivity index (χ1v) is 11.2. The highest BCUT2D eigenvalue weighted by molar-refractivity contribution is 6.04. The van der Waals surface area contributed by atoms with Crippen molar-refractivity contribution in [1.82, 2.24) is 4.98 Å². The smallest absolute Gasteiger partial charge is 0.340 e. The summed E-state index contributed by atoms with van der Waals surface area (Å²) in [5, 5.41) is 0. The highest BCUT2D eigenvalue weighted by Crippen LogP contribution is 2.36. The fourth-order valence-electron chi connectivity index (χ4n) is 4.18. The number of amides is 1. The second-order valence-corrected chi connectivity index (χ2v) is 8.73. The Morgan fingerprint density at radius 2 is 1.82 bits per heavy atom. The Kier molecular flexibility index (Phi) is 8.00. The van der Waals surface area contributed by atoms with Crippen LogP contribution in [0.2, 0.25) is 0 Å². The first kappa shape index (κ1) is 24.6. The third kappa shape index (κ3) is 5.67. The Bertz CT molecular complexity index is 988. The average Bonchev–Trinajstić information content (AvgIpc) is 2.79. The van der Waals surface area contributed by atoms with Gasteiger partial charge in [-0.05, 0) is 75.8 Å². The van der Waals surface area contributed by atoms with Crippen molar-refractivity contribution in [3.05, 3.63) is 47.7 Å². The van der Waals surface area contributed by atoms with E-state index in [1.165, 1.54) is 37.6 Å². The van der Waals surface area contributed by atoms with Crippen LogP contribution in [0.5, 0.6) is 11.6 Å². The third-order valence-corrected chi connectivity index (χ3v) is 6.00. The maximum Gasteiger partial charge on any atom is 0.340 e. The van der Waals surface area contributed by atoms with Gasteiger partial charge >= 0.3 is 5.97 Å². The van der Waals surface area contributed by atoms with Crippen molar-refractivity contribution < 1.29 is 27.8 Å². The van der Waals surface area contributed by atoms with Crippen LogP contribution in [-0.4, -0.2) is 30.0 Å². The average molecular weight is 461 g/mol. The lowest BCUT2D eigenvalue weighted by Crippen LogP contribution is -2.43. The number of hydrogen-bond acceptors (Lipinski definition) is 5. The normalized spacial score (nSPS) is 18.3. The van der Waals surface area contributed by atoms with Gasteiger partial charge in [0.1, 0.15) is 5.75 Å². The minimum absolute atomic E-state index is 0.0274. The summed E-state index contributed by atoms with van der Waals surface area (Å²) in [5.74, 6) is -0.284. The minimum atomic E-state index is -2.76. The highest BCUT2D eigenvalue weighted by atomic mass is 19.3. The molecule has 1 aliphatic rings.